The van der Waals surface area contributed by atoms with Crippen molar-refractivity contribution in [3.63, 3.8) is 0 Å². The normalized spacial score (nSPS) is 13.6. The molecule has 1 aliphatic rings. The molecule has 0 aliphatic carbocycles. The highest BCUT2D eigenvalue weighted by Crippen LogP contribution is 2.29. The zero-order chi connectivity index (χ0) is 19.9. The van der Waals surface area contributed by atoms with Crippen LogP contribution in [0.15, 0.2) is 42.5 Å². The Morgan fingerprint density at radius 3 is 2.54 bits per heavy atom. The Labute approximate surface area is 166 Å². The minimum atomic E-state index is -0.148. The van der Waals surface area contributed by atoms with Gasteiger partial charge in [0.1, 0.15) is 17.2 Å². The van der Waals surface area contributed by atoms with Crippen molar-refractivity contribution in [2.24, 2.45) is 0 Å². The van der Waals surface area contributed by atoms with Crippen LogP contribution in [0.4, 0.5) is 0 Å². The molecule has 0 bridgehead atoms. The van der Waals surface area contributed by atoms with Crippen molar-refractivity contribution < 1.29 is 19.0 Å². The van der Waals surface area contributed by atoms with Crippen LogP contribution < -0.4 is 19.5 Å². The third kappa shape index (κ3) is 5.16. The predicted molar refractivity (Wildman–Crippen MR) is 108 cm³/mol. The number of likely N-dealkylation sites (N-methyl/N-ethyl adjacent to an activating group) is 1. The molecule has 150 valence electrons. The van der Waals surface area contributed by atoms with Gasteiger partial charge >= 0.3 is 0 Å². The zero-order valence-electron chi connectivity index (χ0n) is 16.7. The SMILES string of the molecule is CCOc1ccc(OCC(=O)NCC(c2ccc3c(c2)CCO3)N(C)C)cc1. The maximum absolute atomic E-state index is 12.2. The maximum atomic E-state index is 12.2. The number of amides is 1. The molecule has 28 heavy (non-hydrogen) atoms. The van der Waals surface area contributed by atoms with Crippen LogP contribution in [0.3, 0.4) is 0 Å². The van der Waals surface area contributed by atoms with Crippen molar-refractivity contribution >= 4 is 5.91 Å². The molecule has 1 heterocycles. The summed E-state index contributed by atoms with van der Waals surface area (Å²) in [5, 5.41) is 2.97. The molecule has 1 N–H and O–H groups in total. The van der Waals surface area contributed by atoms with Gasteiger partial charge in [0.25, 0.3) is 5.91 Å². The molecule has 0 radical (unpaired) electrons. The number of nitrogens with one attached hydrogen (secondary N) is 1. The Balaban J connectivity index is 1.51. The second kappa shape index (κ2) is 9.46. The largest absolute Gasteiger partial charge is 0.494 e. The van der Waals surface area contributed by atoms with E-state index in [4.69, 9.17) is 14.2 Å². The lowest BCUT2D eigenvalue weighted by molar-refractivity contribution is -0.123. The van der Waals surface area contributed by atoms with Crippen LogP contribution in [-0.2, 0) is 11.2 Å². The van der Waals surface area contributed by atoms with E-state index in [-0.39, 0.29) is 18.6 Å². The smallest absolute Gasteiger partial charge is 0.258 e. The molecule has 1 unspecified atom stereocenters. The third-order valence-electron chi connectivity index (χ3n) is 4.72. The quantitative estimate of drug-likeness (QED) is 0.720. The van der Waals surface area contributed by atoms with E-state index in [0.717, 1.165) is 24.5 Å². The van der Waals surface area contributed by atoms with Crippen LogP contribution in [0.2, 0.25) is 0 Å². The average Bonchev–Trinajstić information content (AvgIpc) is 3.15. The molecule has 2 aromatic rings. The number of ether oxygens (including phenoxy) is 3. The second-order valence-corrected chi connectivity index (χ2v) is 6.94. The summed E-state index contributed by atoms with van der Waals surface area (Å²) < 4.78 is 16.5. The van der Waals surface area contributed by atoms with E-state index in [1.165, 1.54) is 11.1 Å². The summed E-state index contributed by atoms with van der Waals surface area (Å²) >= 11 is 0. The molecule has 0 aromatic heterocycles. The Hall–Kier alpha value is -2.73. The molecule has 1 amide bonds. The maximum Gasteiger partial charge on any atom is 0.258 e. The Kier molecular flexibility index (Phi) is 6.76. The summed E-state index contributed by atoms with van der Waals surface area (Å²) in [6, 6.07) is 13.6. The molecule has 1 aliphatic heterocycles. The van der Waals surface area contributed by atoms with Gasteiger partial charge in [0, 0.05) is 13.0 Å². The Morgan fingerprint density at radius 2 is 1.86 bits per heavy atom. The number of benzene rings is 2. The standard InChI is InChI=1S/C22H28N2O4/c1-4-26-18-6-8-19(9-7-18)28-15-22(25)23-14-20(24(2)3)16-5-10-21-17(13-16)11-12-27-21/h5-10,13,20H,4,11-12,14-15H2,1-3H3,(H,23,25). The van der Waals surface area contributed by atoms with Crippen molar-refractivity contribution in [1.82, 2.24) is 10.2 Å². The summed E-state index contributed by atoms with van der Waals surface area (Å²) in [4.78, 5) is 14.3. The fourth-order valence-corrected chi connectivity index (χ4v) is 3.22. The van der Waals surface area contributed by atoms with E-state index in [1.807, 2.05) is 39.2 Å². The summed E-state index contributed by atoms with van der Waals surface area (Å²) in [7, 11) is 4.02. The first kappa shape index (κ1) is 20.0. The topological polar surface area (TPSA) is 60.0 Å². The van der Waals surface area contributed by atoms with Gasteiger partial charge in [-0.05, 0) is 62.5 Å². The van der Waals surface area contributed by atoms with E-state index < -0.39 is 0 Å². The molecule has 0 saturated heterocycles. The van der Waals surface area contributed by atoms with Gasteiger partial charge in [-0.15, -0.1) is 0 Å². The predicted octanol–water partition coefficient (Wildman–Crippen LogP) is 2.82. The van der Waals surface area contributed by atoms with Crippen molar-refractivity contribution in [1.29, 1.82) is 0 Å². The molecule has 0 fully saturated rings. The highest BCUT2D eigenvalue weighted by molar-refractivity contribution is 5.77. The molecule has 0 saturated carbocycles. The van der Waals surface area contributed by atoms with Crippen LogP contribution >= 0.6 is 0 Å². The van der Waals surface area contributed by atoms with Crippen LogP contribution in [0.25, 0.3) is 0 Å². The van der Waals surface area contributed by atoms with Gasteiger partial charge in [0.2, 0.25) is 0 Å². The van der Waals surface area contributed by atoms with Crippen molar-refractivity contribution in [3.05, 3.63) is 53.6 Å². The monoisotopic (exact) mass is 384 g/mol. The van der Waals surface area contributed by atoms with Crippen molar-refractivity contribution in [3.8, 4) is 17.2 Å². The van der Waals surface area contributed by atoms with Crippen molar-refractivity contribution in [2.75, 3.05) is 40.5 Å². The van der Waals surface area contributed by atoms with Gasteiger partial charge in [0.05, 0.1) is 19.3 Å². The lowest BCUT2D eigenvalue weighted by atomic mass is 10.0. The number of nitrogens with zero attached hydrogens (tertiary/aromatic N) is 1. The highest BCUT2D eigenvalue weighted by Gasteiger charge is 2.19. The number of hydrogen-bond donors (Lipinski definition) is 1. The van der Waals surface area contributed by atoms with Crippen molar-refractivity contribution in [2.45, 2.75) is 19.4 Å². The van der Waals surface area contributed by atoms with Gasteiger partial charge in [-0.2, -0.15) is 0 Å². The van der Waals surface area contributed by atoms with E-state index in [2.05, 4.69) is 22.3 Å². The van der Waals surface area contributed by atoms with Gasteiger partial charge in [0.15, 0.2) is 6.61 Å². The molecule has 6 heteroatoms. The van der Waals surface area contributed by atoms with Crippen LogP contribution in [0.5, 0.6) is 17.2 Å². The minimum Gasteiger partial charge on any atom is -0.494 e. The number of fused-ring (bicyclic) bond motifs is 1. The molecule has 6 nitrogen and oxygen atoms in total. The molecule has 2 aromatic carbocycles. The summed E-state index contributed by atoms with van der Waals surface area (Å²) in [5.74, 6) is 2.24. The number of rotatable bonds is 9. The van der Waals surface area contributed by atoms with Crippen LogP contribution in [-0.4, -0.2) is 51.3 Å². The van der Waals surface area contributed by atoms with Gasteiger partial charge in [-0.25, -0.2) is 0 Å². The lowest BCUT2D eigenvalue weighted by Crippen LogP contribution is -2.36. The van der Waals surface area contributed by atoms with Crippen LogP contribution in [0, 0.1) is 0 Å². The fraction of sp³-hybridized carbons (Fsp3) is 0.409. The molecular formula is C22H28N2O4. The number of carbonyl (C=O) groups is 1. The van der Waals surface area contributed by atoms with E-state index in [9.17, 15) is 4.79 Å². The van der Waals surface area contributed by atoms with Gasteiger partial charge < -0.3 is 24.4 Å². The minimum absolute atomic E-state index is 0.0217. The summed E-state index contributed by atoms with van der Waals surface area (Å²) in [6.07, 6.45) is 0.936. The Morgan fingerprint density at radius 1 is 1.14 bits per heavy atom. The van der Waals surface area contributed by atoms with Crippen LogP contribution in [0.1, 0.15) is 24.1 Å². The van der Waals surface area contributed by atoms with E-state index in [0.29, 0.717) is 18.9 Å². The fourth-order valence-electron chi connectivity index (χ4n) is 3.22. The van der Waals surface area contributed by atoms with E-state index in [1.54, 1.807) is 12.1 Å². The first-order chi connectivity index (χ1) is 13.6. The lowest BCUT2D eigenvalue weighted by Gasteiger charge is -2.25. The molecular weight excluding hydrogens is 356 g/mol. The molecule has 3 rings (SSSR count). The average molecular weight is 384 g/mol. The third-order valence-corrected chi connectivity index (χ3v) is 4.72. The molecule has 1 atom stereocenters. The number of carbonyl (C=O) groups excluding carboxylic acids is 1. The highest BCUT2D eigenvalue weighted by atomic mass is 16.5. The number of hydrogen-bond acceptors (Lipinski definition) is 5. The van der Waals surface area contributed by atoms with Gasteiger partial charge in [-0.3, -0.25) is 4.79 Å². The summed E-state index contributed by atoms with van der Waals surface area (Å²) in [6.45, 7) is 3.79. The first-order valence-electron chi connectivity index (χ1n) is 9.61. The van der Waals surface area contributed by atoms with Gasteiger partial charge in [-0.1, -0.05) is 12.1 Å². The second-order valence-electron chi connectivity index (χ2n) is 6.94. The summed E-state index contributed by atoms with van der Waals surface area (Å²) in [5.41, 5.74) is 2.40. The zero-order valence-corrected chi connectivity index (χ0v) is 16.7. The molecule has 0 spiro atoms. The Bertz CT molecular complexity index is 790. The van der Waals surface area contributed by atoms with E-state index >= 15 is 0 Å². The first-order valence-corrected chi connectivity index (χ1v) is 9.61.